The maximum Gasteiger partial charge on any atom is 0.251 e. The highest BCUT2D eigenvalue weighted by Crippen LogP contribution is 2.28. The summed E-state index contributed by atoms with van der Waals surface area (Å²) in [5.74, 6) is 0.496. The molecule has 0 bridgehead atoms. The number of hydrogen-bond donors (Lipinski definition) is 3. The van der Waals surface area contributed by atoms with E-state index in [0.29, 0.717) is 22.9 Å². The van der Waals surface area contributed by atoms with Gasteiger partial charge in [0.25, 0.3) is 5.91 Å². The molecule has 0 aliphatic carbocycles. The normalized spacial score (nSPS) is 12.3. The fourth-order valence-electron chi connectivity index (χ4n) is 3.11. The van der Waals surface area contributed by atoms with Gasteiger partial charge in [-0.15, -0.1) is 0 Å². The van der Waals surface area contributed by atoms with Crippen molar-refractivity contribution >= 4 is 35.1 Å². The largest absolute Gasteiger partial charge is 0.386 e. The molecule has 2 unspecified atom stereocenters. The quantitative estimate of drug-likeness (QED) is 0.364. The highest BCUT2D eigenvalue weighted by Gasteiger charge is 2.11. The van der Waals surface area contributed by atoms with Crippen molar-refractivity contribution in [3.63, 3.8) is 0 Å². The predicted octanol–water partition coefficient (Wildman–Crippen LogP) is 6.41. The van der Waals surface area contributed by atoms with Gasteiger partial charge in [-0.25, -0.2) is 0 Å². The molecule has 0 aromatic heterocycles. The molecule has 6 heteroatoms. The Labute approximate surface area is 199 Å². The van der Waals surface area contributed by atoms with Gasteiger partial charge in [0.15, 0.2) is 0 Å². The van der Waals surface area contributed by atoms with Crippen molar-refractivity contribution in [3.05, 3.63) is 53.6 Å². The van der Waals surface area contributed by atoms with E-state index in [4.69, 9.17) is 0 Å². The van der Waals surface area contributed by atoms with Crippen molar-refractivity contribution in [3.8, 4) is 0 Å². The highest BCUT2D eigenvalue weighted by atomic mass is 16.2. The molecule has 2 amide bonds. The van der Waals surface area contributed by atoms with Gasteiger partial charge in [0.1, 0.15) is 0 Å². The third-order valence-electron chi connectivity index (χ3n) is 5.28. The molecular formula is C27H40N4O2. The van der Waals surface area contributed by atoms with Gasteiger partial charge < -0.3 is 16.0 Å². The molecule has 0 spiro atoms. The molecule has 2 aromatic rings. The molecule has 3 N–H and O–H groups in total. The lowest BCUT2D eigenvalue weighted by Gasteiger charge is -2.16. The van der Waals surface area contributed by atoms with Crippen LogP contribution in [0.4, 0.5) is 17.1 Å². The first-order valence-corrected chi connectivity index (χ1v) is 11.9. The molecule has 2 aromatic carbocycles. The number of rotatable bonds is 10. The van der Waals surface area contributed by atoms with Gasteiger partial charge in [-0.2, -0.15) is 0 Å². The Morgan fingerprint density at radius 3 is 2.27 bits per heavy atom. The lowest BCUT2D eigenvalue weighted by molar-refractivity contribution is -0.114. The fraction of sp³-hybridized carbons (Fsp3) is 0.444. The van der Waals surface area contributed by atoms with E-state index in [1.54, 1.807) is 6.21 Å². The summed E-state index contributed by atoms with van der Waals surface area (Å²) in [6.07, 6.45) is 5.00. The van der Waals surface area contributed by atoms with Crippen LogP contribution in [0.25, 0.3) is 0 Å². The minimum atomic E-state index is -0.129. The van der Waals surface area contributed by atoms with Crippen molar-refractivity contribution in [2.45, 2.75) is 66.8 Å². The third kappa shape index (κ3) is 9.89. The Morgan fingerprint density at radius 2 is 1.70 bits per heavy atom. The summed E-state index contributed by atoms with van der Waals surface area (Å²) in [5.41, 5.74) is 3.77. The zero-order valence-corrected chi connectivity index (χ0v) is 21.2. The molecule has 0 saturated heterocycles. The molecule has 0 heterocycles. The standard InChI is InChI=1S/C25H34N4O2.C2H6/c1-6-17(2)7-8-18(3)28-25(31)21-11-9-20(10-12-21)16-27-24-15-22(29-19(4)30)13-14-23(24)26-5;1-2/h9-18,26H,6-8H2,1-5H3,(H,28,31)(H,29,30);1-2H3. The van der Waals surface area contributed by atoms with Crippen LogP contribution in [0.2, 0.25) is 0 Å². The summed E-state index contributed by atoms with van der Waals surface area (Å²) < 4.78 is 0. The Morgan fingerprint density at radius 1 is 1.03 bits per heavy atom. The molecule has 0 radical (unpaired) electrons. The zero-order chi connectivity index (χ0) is 24.8. The third-order valence-corrected chi connectivity index (χ3v) is 5.28. The average Bonchev–Trinajstić information content (AvgIpc) is 2.82. The van der Waals surface area contributed by atoms with Crippen LogP contribution in [0.1, 0.15) is 76.7 Å². The van der Waals surface area contributed by atoms with E-state index in [1.165, 1.54) is 6.92 Å². The van der Waals surface area contributed by atoms with Crippen molar-refractivity contribution in [1.82, 2.24) is 5.32 Å². The highest BCUT2D eigenvalue weighted by molar-refractivity contribution is 5.95. The molecule has 0 fully saturated rings. The number of carbonyl (C=O) groups is 2. The van der Waals surface area contributed by atoms with Crippen LogP contribution in [-0.2, 0) is 4.79 Å². The molecule has 2 rings (SSSR count). The second kappa shape index (κ2) is 14.8. The molecule has 0 aliphatic heterocycles. The minimum Gasteiger partial charge on any atom is -0.386 e. The van der Waals surface area contributed by atoms with Gasteiger partial charge in [0.05, 0.1) is 11.4 Å². The van der Waals surface area contributed by atoms with E-state index in [9.17, 15) is 9.59 Å². The summed E-state index contributed by atoms with van der Waals surface area (Å²) >= 11 is 0. The Bertz CT molecular complexity index is 907. The molecule has 180 valence electrons. The number of benzene rings is 2. The number of aliphatic imine (C=N–C) groups is 1. The van der Waals surface area contributed by atoms with E-state index in [-0.39, 0.29) is 17.9 Å². The summed E-state index contributed by atoms with van der Waals surface area (Å²) in [4.78, 5) is 28.3. The Balaban J connectivity index is 0.00000265. The van der Waals surface area contributed by atoms with E-state index in [2.05, 4.69) is 41.7 Å². The molecule has 0 saturated carbocycles. The van der Waals surface area contributed by atoms with Crippen molar-refractivity contribution in [2.75, 3.05) is 17.7 Å². The topological polar surface area (TPSA) is 82.6 Å². The monoisotopic (exact) mass is 452 g/mol. The number of amides is 2. The van der Waals surface area contributed by atoms with E-state index in [1.807, 2.05) is 63.4 Å². The smallest absolute Gasteiger partial charge is 0.251 e. The first-order valence-electron chi connectivity index (χ1n) is 11.9. The second-order valence-electron chi connectivity index (χ2n) is 8.01. The van der Waals surface area contributed by atoms with Gasteiger partial charge in [0, 0.05) is 37.5 Å². The average molecular weight is 453 g/mol. The van der Waals surface area contributed by atoms with Crippen LogP contribution < -0.4 is 16.0 Å². The number of nitrogens with zero attached hydrogens (tertiary/aromatic N) is 1. The summed E-state index contributed by atoms with van der Waals surface area (Å²) in [6, 6.07) is 13.0. The summed E-state index contributed by atoms with van der Waals surface area (Å²) in [5, 5.41) is 8.93. The molecule has 0 aliphatic rings. The summed E-state index contributed by atoms with van der Waals surface area (Å²) in [7, 11) is 1.82. The number of nitrogens with one attached hydrogen (secondary N) is 3. The van der Waals surface area contributed by atoms with Crippen molar-refractivity contribution < 1.29 is 9.59 Å². The molecule has 2 atom stereocenters. The van der Waals surface area contributed by atoms with Gasteiger partial charge in [-0.1, -0.05) is 46.2 Å². The van der Waals surface area contributed by atoms with Gasteiger partial charge >= 0.3 is 0 Å². The SMILES string of the molecule is CC.CCC(C)CCC(C)NC(=O)c1ccc(C=Nc2cc(NC(C)=O)ccc2NC)cc1. The first-order chi connectivity index (χ1) is 15.8. The van der Waals surface area contributed by atoms with Gasteiger partial charge in [-0.3, -0.25) is 14.6 Å². The summed E-state index contributed by atoms with van der Waals surface area (Å²) in [6.45, 7) is 12.0. The van der Waals surface area contributed by atoms with Crippen LogP contribution in [0.15, 0.2) is 47.5 Å². The molecule has 6 nitrogen and oxygen atoms in total. The van der Waals surface area contributed by atoms with Crippen LogP contribution in [0, 0.1) is 5.92 Å². The lowest BCUT2D eigenvalue weighted by atomic mass is 10.00. The van der Waals surface area contributed by atoms with Crippen LogP contribution in [-0.4, -0.2) is 31.1 Å². The van der Waals surface area contributed by atoms with Crippen molar-refractivity contribution in [2.24, 2.45) is 10.9 Å². The number of anilines is 2. The van der Waals surface area contributed by atoms with Crippen LogP contribution in [0.3, 0.4) is 0 Å². The predicted molar refractivity (Wildman–Crippen MR) is 141 cm³/mol. The van der Waals surface area contributed by atoms with Crippen LogP contribution >= 0.6 is 0 Å². The van der Waals surface area contributed by atoms with Crippen LogP contribution in [0.5, 0.6) is 0 Å². The fourth-order valence-corrected chi connectivity index (χ4v) is 3.11. The van der Waals surface area contributed by atoms with E-state index in [0.717, 1.165) is 30.5 Å². The lowest BCUT2D eigenvalue weighted by Crippen LogP contribution is -2.32. The maximum atomic E-state index is 12.5. The van der Waals surface area contributed by atoms with Gasteiger partial charge in [-0.05, 0) is 61.6 Å². The minimum absolute atomic E-state index is 0.0550. The zero-order valence-electron chi connectivity index (χ0n) is 21.2. The molecule has 33 heavy (non-hydrogen) atoms. The van der Waals surface area contributed by atoms with Gasteiger partial charge in [0.2, 0.25) is 5.91 Å². The second-order valence-corrected chi connectivity index (χ2v) is 8.01. The number of hydrogen-bond acceptors (Lipinski definition) is 4. The number of carbonyl (C=O) groups excluding carboxylic acids is 2. The van der Waals surface area contributed by atoms with E-state index < -0.39 is 0 Å². The maximum absolute atomic E-state index is 12.5. The van der Waals surface area contributed by atoms with Crippen molar-refractivity contribution in [1.29, 1.82) is 0 Å². The first kappa shape index (κ1) is 27.9. The Hall–Kier alpha value is -3.15. The molecular weight excluding hydrogens is 412 g/mol. The van der Waals surface area contributed by atoms with E-state index >= 15 is 0 Å². The Kier molecular flexibility index (Phi) is 12.5.